The van der Waals surface area contributed by atoms with Crippen LogP contribution in [0.15, 0.2) is 36.8 Å². The molecule has 1 amide bonds. The highest BCUT2D eigenvalue weighted by atomic mass is 19.1. The molecule has 5 rings (SSSR count). The lowest BCUT2D eigenvalue weighted by Crippen LogP contribution is -2.50. The average molecular weight is 464 g/mol. The highest BCUT2D eigenvalue weighted by molar-refractivity contribution is 6.13. The third-order valence-corrected chi connectivity index (χ3v) is 6.97. The van der Waals surface area contributed by atoms with Gasteiger partial charge in [-0.05, 0) is 52.8 Å². The fourth-order valence-corrected chi connectivity index (χ4v) is 4.70. The van der Waals surface area contributed by atoms with Crippen LogP contribution in [0, 0.1) is 12.7 Å². The number of hydrogen-bond acceptors (Lipinski definition) is 5. The first-order valence-corrected chi connectivity index (χ1v) is 11.7. The summed E-state index contributed by atoms with van der Waals surface area (Å²) in [6, 6.07) is 5.12. The zero-order valence-corrected chi connectivity index (χ0v) is 20.0. The topological polar surface area (TPSA) is 79.5 Å². The van der Waals surface area contributed by atoms with Crippen LogP contribution in [0.25, 0.3) is 16.6 Å². The molecular formula is C25H30FN7O. The average Bonchev–Trinajstić information content (AvgIpc) is 3.42. The molecule has 8 nitrogen and oxygen atoms in total. The van der Waals surface area contributed by atoms with E-state index in [4.69, 9.17) is 5.10 Å². The molecule has 4 heterocycles. The van der Waals surface area contributed by atoms with Crippen LogP contribution in [-0.4, -0.2) is 50.7 Å². The van der Waals surface area contributed by atoms with Crippen LogP contribution in [-0.2, 0) is 6.54 Å². The normalized spacial score (nSPS) is 15.9. The van der Waals surface area contributed by atoms with Gasteiger partial charge in [0.15, 0.2) is 11.5 Å². The number of rotatable bonds is 5. The van der Waals surface area contributed by atoms with E-state index >= 15 is 0 Å². The highest BCUT2D eigenvalue weighted by Crippen LogP contribution is 2.33. The highest BCUT2D eigenvalue weighted by Gasteiger charge is 2.29. The van der Waals surface area contributed by atoms with Crippen LogP contribution in [0.3, 0.4) is 0 Å². The monoisotopic (exact) mass is 463 g/mol. The minimum atomic E-state index is -0.486. The molecular weight excluding hydrogens is 433 g/mol. The molecule has 0 atom stereocenters. The SMILES string of the molecule is CCn1cc2c(N3CCC(C)(NC)CC3)ccc(C(=O)Nc3cc(F)c4nc(C)cn4c3)c2n1. The van der Waals surface area contributed by atoms with Gasteiger partial charge in [-0.2, -0.15) is 5.10 Å². The Hall–Kier alpha value is -3.46. The van der Waals surface area contributed by atoms with Gasteiger partial charge in [-0.25, -0.2) is 9.37 Å². The second-order valence-electron chi connectivity index (χ2n) is 9.32. The van der Waals surface area contributed by atoms with Crippen LogP contribution < -0.4 is 15.5 Å². The van der Waals surface area contributed by atoms with E-state index in [9.17, 15) is 9.18 Å². The number of hydrogen-bond donors (Lipinski definition) is 2. The number of aromatic nitrogens is 4. The van der Waals surface area contributed by atoms with Gasteiger partial charge < -0.3 is 19.9 Å². The lowest BCUT2D eigenvalue weighted by molar-refractivity contribution is 0.102. The predicted molar refractivity (Wildman–Crippen MR) is 132 cm³/mol. The number of carbonyl (C=O) groups excluding carboxylic acids is 1. The molecule has 0 spiro atoms. The summed E-state index contributed by atoms with van der Waals surface area (Å²) in [4.78, 5) is 19.8. The van der Waals surface area contributed by atoms with E-state index in [1.54, 1.807) is 23.7 Å². The van der Waals surface area contributed by atoms with E-state index in [0.29, 0.717) is 29.0 Å². The van der Waals surface area contributed by atoms with Gasteiger partial charge in [0.25, 0.3) is 5.91 Å². The number of piperidine rings is 1. The van der Waals surface area contributed by atoms with E-state index < -0.39 is 5.82 Å². The van der Waals surface area contributed by atoms with Crippen LogP contribution in [0.4, 0.5) is 15.8 Å². The molecule has 1 aliphatic rings. The second-order valence-corrected chi connectivity index (χ2v) is 9.32. The van der Waals surface area contributed by atoms with Crippen LogP contribution in [0.5, 0.6) is 0 Å². The molecule has 0 unspecified atom stereocenters. The maximum atomic E-state index is 14.5. The molecule has 4 aromatic rings. The summed E-state index contributed by atoms with van der Waals surface area (Å²) in [5.41, 5.74) is 3.65. The first-order valence-electron chi connectivity index (χ1n) is 11.7. The second kappa shape index (κ2) is 8.39. The van der Waals surface area contributed by atoms with Gasteiger partial charge in [0, 0.05) is 60.9 Å². The maximum Gasteiger partial charge on any atom is 0.257 e. The first-order chi connectivity index (χ1) is 16.3. The van der Waals surface area contributed by atoms with Crippen molar-refractivity contribution in [1.82, 2.24) is 24.5 Å². The maximum absolute atomic E-state index is 14.5. The lowest BCUT2D eigenvalue weighted by Gasteiger charge is -2.40. The summed E-state index contributed by atoms with van der Waals surface area (Å²) in [7, 11) is 2.02. The molecule has 178 valence electrons. The van der Waals surface area contributed by atoms with Crippen molar-refractivity contribution in [3.8, 4) is 0 Å². The number of carbonyl (C=O) groups is 1. The Kier molecular flexibility index (Phi) is 5.51. The van der Waals surface area contributed by atoms with Gasteiger partial charge in [0.2, 0.25) is 0 Å². The van der Waals surface area contributed by atoms with Gasteiger partial charge in [-0.1, -0.05) is 0 Å². The minimum absolute atomic E-state index is 0.146. The Balaban J connectivity index is 1.48. The minimum Gasteiger partial charge on any atom is -0.371 e. The molecule has 0 saturated carbocycles. The van der Waals surface area contributed by atoms with Gasteiger partial charge in [0.05, 0.1) is 16.9 Å². The molecule has 0 bridgehead atoms. The van der Waals surface area contributed by atoms with Crippen molar-refractivity contribution in [1.29, 1.82) is 0 Å². The van der Waals surface area contributed by atoms with E-state index in [-0.39, 0.29) is 17.1 Å². The molecule has 1 fully saturated rings. The van der Waals surface area contributed by atoms with Gasteiger partial charge in [0.1, 0.15) is 5.52 Å². The number of halogens is 1. The molecule has 9 heteroatoms. The number of nitrogens with zero attached hydrogens (tertiary/aromatic N) is 5. The quantitative estimate of drug-likeness (QED) is 0.468. The number of fused-ring (bicyclic) bond motifs is 2. The van der Waals surface area contributed by atoms with Gasteiger partial charge >= 0.3 is 0 Å². The summed E-state index contributed by atoms with van der Waals surface area (Å²) in [5, 5.41) is 11.9. The Labute approximate surface area is 197 Å². The summed E-state index contributed by atoms with van der Waals surface area (Å²) < 4.78 is 17.9. The first kappa shape index (κ1) is 22.3. The molecule has 34 heavy (non-hydrogen) atoms. The fraction of sp³-hybridized carbons (Fsp3) is 0.400. The van der Waals surface area contributed by atoms with Crippen molar-refractivity contribution in [3.05, 3.63) is 53.9 Å². The predicted octanol–water partition coefficient (Wildman–Crippen LogP) is 3.98. The van der Waals surface area contributed by atoms with E-state index in [2.05, 4.69) is 27.4 Å². The summed E-state index contributed by atoms with van der Waals surface area (Å²) >= 11 is 0. The molecule has 0 radical (unpaired) electrons. The third kappa shape index (κ3) is 3.90. The Morgan fingerprint density at radius 3 is 2.68 bits per heavy atom. The standard InChI is InChI=1S/C25H30FN7O/c1-5-33-15-19-21(31-10-8-25(3,27-4)9-11-31)7-6-18(22(19)30-33)24(34)29-17-12-20(26)23-28-16(2)13-32(23)14-17/h6-7,12-15,27H,5,8-11H2,1-4H3,(H,29,34). The number of pyridine rings is 1. The van der Waals surface area contributed by atoms with E-state index in [1.807, 2.05) is 37.0 Å². The van der Waals surface area contributed by atoms with Crippen molar-refractivity contribution in [2.45, 2.75) is 45.7 Å². The number of aryl methyl sites for hydroxylation is 2. The lowest BCUT2D eigenvalue weighted by atomic mass is 9.89. The van der Waals surface area contributed by atoms with Crippen LogP contribution >= 0.6 is 0 Å². The van der Waals surface area contributed by atoms with E-state index in [1.165, 1.54) is 6.07 Å². The molecule has 0 aliphatic carbocycles. The largest absolute Gasteiger partial charge is 0.371 e. The van der Waals surface area contributed by atoms with Gasteiger partial charge in [-0.15, -0.1) is 0 Å². The molecule has 1 aliphatic heterocycles. The van der Waals surface area contributed by atoms with Crippen LogP contribution in [0.2, 0.25) is 0 Å². The molecule has 1 aromatic carbocycles. The molecule has 1 saturated heterocycles. The summed E-state index contributed by atoms with van der Waals surface area (Å²) in [6.45, 7) is 8.64. The number of imidazole rings is 1. The number of amides is 1. The zero-order valence-electron chi connectivity index (χ0n) is 20.0. The van der Waals surface area contributed by atoms with Crippen molar-refractivity contribution in [2.24, 2.45) is 0 Å². The molecule has 2 N–H and O–H groups in total. The van der Waals surface area contributed by atoms with Crippen molar-refractivity contribution < 1.29 is 9.18 Å². The summed E-state index contributed by atoms with van der Waals surface area (Å²) in [6.07, 6.45) is 7.47. The smallest absolute Gasteiger partial charge is 0.257 e. The Bertz CT molecular complexity index is 1380. The van der Waals surface area contributed by atoms with E-state index in [0.717, 1.165) is 37.0 Å². The third-order valence-electron chi connectivity index (χ3n) is 6.97. The van der Waals surface area contributed by atoms with Crippen LogP contribution in [0.1, 0.15) is 42.7 Å². The zero-order chi connectivity index (χ0) is 24.0. The van der Waals surface area contributed by atoms with Gasteiger partial charge in [-0.3, -0.25) is 9.48 Å². The number of nitrogens with one attached hydrogen (secondary N) is 2. The summed E-state index contributed by atoms with van der Waals surface area (Å²) in [5.74, 6) is -0.810. The number of benzene rings is 1. The molecule has 3 aromatic heterocycles. The van der Waals surface area contributed by atoms with Crippen molar-refractivity contribution in [3.63, 3.8) is 0 Å². The van der Waals surface area contributed by atoms with Crippen molar-refractivity contribution >= 4 is 33.8 Å². The Morgan fingerprint density at radius 2 is 1.97 bits per heavy atom. The Morgan fingerprint density at radius 1 is 1.21 bits per heavy atom. The fourth-order valence-electron chi connectivity index (χ4n) is 4.70. The number of anilines is 2. The van der Waals surface area contributed by atoms with Crippen molar-refractivity contribution in [2.75, 3.05) is 30.4 Å².